The highest BCUT2D eigenvalue weighted by Crippen LogP contribution is 2.43. The second-order valence-corrected chi connectivity index (χ2v) is 26.0. The smallest absolute Gasteiger partial charge is 0.387 e. The Morgan fingerprint density at radius 2 is 0.714 bits per heavy atom. The Bertz CT molecular complexity index is 1350. The number of hydrogen-bond acceptors (Lipinski definition) is 5. The van der Waals surface area contributed by atoms with Gasteiger partial charge in [0.15, 0.2) is 0 Å². The van der Waals surface area contributed by atoms with Crippen LogP contribution >= 0.6 is 7.82 Å². The highest BCUT2D eigenvalue weighted by atomic mass is 31.2. The summed E-state index contributed by atoms with van der Waals surface area (Å²) in [6, 6.07) is -0.864. The molecule has 0 saturated heterocycles. The number of likely N-dealkylation sites (N-methyl/N-ethyl adjacent to an activating group) is 1. The van der Waals surface area contributed by atoms with Crippen LogP contribution in [0.1, 0.15) is 341 Å². The lowest BCUT2D eigenvalue weighted by atomic mass is 10.0. The number of carbonyl (C=O) groups is 1. The summed E-state index contributed by atoms with van der Waals surface area (Å²) in [7, 11) is 1.57. The summed E-state index contributed by atoms with van der Waals surface area (Å²) in [6.45, 7) is 4.85. The molecule has 0 aromatic carbocycles. The molecule has 0 aromatic heterocycles. The molecule has 0 radical (unpaired) electrons. The molecule has 77 heavy (non-hydrogen) atoms. The zero-order valence-corrected chi connectivity index (χ0v) is 53.1. The van der Waals surface area contributed by atoms with Crippen LogP contribution in [0.4, 0.5) is 0 Å². The van der Waals surface area contributed by atoms with Crippen molar-refractivity contribution >= 4 is 13.7 Å². The first kappa shape index (κ1) is 75.7. The minimum Gasteiger partial charge on any atom is -0.387 e. The van der Waals surface area contributed by atoms with Gasteiger partial charge in [-0.3, -0.25) is 13.8 Å². The Morgan fingerprint density at radius 3 is 1.04 bits per heavy atom. The van der Waals surface area contributed by atoms with Gasteiger partial charge in [-0.05, 0) is 57.8 Å². The molecular formula is C68H134N2O6P+. The van der Waals surface area contributed by atoms with Crippen LogP contribution in [0.3, 0.4) is 0 Å². The molecule has 0 aliphatic heterocycles. The van der Waals surface area contributed by atoms with Crippen molar-refractivity contribution in [2.75, 3.05) is 40.9 Å². The van der Waals surface area contributed by atoms with E-state index in [-0.39, 0.29) is 19.1 Å². The van der Waals surface area contributed by atoms with E-state index in [9.17, 15) is 19.4 Å². The number of unbranched alkanes of at least 4 members (excludes halogenated alkanes) is 46. The molecular weight excluding hydrogens is 972 g/mol. The highest BCUT2D eigenvalue weighted by molar-refractivity contribution is 7.47. The Kier molecular flexibility index (Phi) is 58.4. The van der Waals surface area contributed by atoms with Crippen LogP contribution in [-0.2, 0) is 18.4 Å². The zero-order valence-electron chi connectivity index (χ0n) is 52.2. The van der Waals surface area contributed by atoms with Crippen LogP contribution in [0.25, 0.3) is 0 Å². The van der Waals surface area contributed by atoms with Crippen LogP contribution in [0.5, 0.6) is 0 Å². The van der Waals surface area contributed by atoms with E-state index < -0.39 is 20.0 Å². The van der Waals surface area contributed by atoms with Crippen molar-refractivity contribution in [3.8, 4) is 0 Å². The van der Waals surface area contributed by atoms with Gasteiger partial charge in [0.05, 0.1) is 39.9 Å². The van der Waals surface area contributed by atoms with Crippen molar-refractivity contribution in [3.63, 3.8) is 0 Å². The van der Waals surface area contributed by atoms with Crippen LogP contribution < -0.4 is 5.32 Å². The average Bonchev–Trinajstić information content (AvgIpc) is 3.39. The topological polar surface area (TPSA) is 105 Å². The predicted octanol–water partition coefficient (Wildman–Crippen LogP) is 21.3. The quantitative estimate of drug-likeness (QED) is 0.0243. The fourth-order valence-corrected chi connectivity index (χ4v) is 11.0. The van der Waals surface area contributed by atoms with Crippen LogP contribution in [0, 0.1) is 0 Å². The molecule has 0 aliphatic rings. The van der Waals surface area contributed by atoms with Gasteiger partial charge in [-0.25, -0.2) is 4.57 Å². The second-order valence-electron chi connectivity index (χ2n) is 24.5. The van der Waals surface area contributed by atoms with E-state index >= 15 is 0 Å². The van der Waals surface area contributed by atoms with Crippen LogP contribution in [-0.4, -0.2) is 73.4 Å². The number of allylic oxidation sites excluding steroid dienone is 5. The Morgan fingerprint density at radius 1 is 0.429 bits per heavy atom. The highest BCUT2D eigenvalue weighted by Gasteiger charge is 2.28. The van der Waals surface area contributed by atoms with Gasteiger partial charge in [-0.15, -0.1) is 0 Å². The fourth-order valence-electron chi connectivity index (χ4n) is 10.3. The lowest BCUT2D eigenvalue weighted by Gasteiger charge is -2.25. The van der Waals surface area contributed by atoms with Gasteiger partial charge in [-0.2, -0.15) is 0 Å². The minimum absolute atomic E-state index is 0.0576. The number of aliphatic hydroxyl groups excluding tert-OH is 1. The second kappa shape index (κ2) is 59.3. The molecule has 8 nitrogen and oxygen atoms in total. The van der Waals surface area contributed by atoms with Gasteiger partial charge >= 0.3 is 7.82 Å². The van der Waals surface area contributed by atoms with Gasteiger partial charge in [0, 0.05) is 6.42 Å². The minimum atomic E-state index is -4.36. The van der Waals surface area contributed by atoms with Crippen molar-refractivity contribution in [2.45, 2.75) is 353 Å². The van der Waals surface area contributed by atoms with Crippen LogP contribution in [0.15, 0.2) is 36.5 Å². The number of quaternary nitrogens is 1. The number of amides is 1. The number of rotatable bonds is 63. The van der Waals surface area contributed by atoms with Crippen molar-refractivity contribution < 1.29 is 32.9 Å². The molecule has 0 bridgehead atoms. The van der Waals surface area contributed by atoms with E-state index in [2.05, 4.69) is 43.5 Å². The molecule has 9 heteroatoms. The van der Waals surface area contributed by atoms with Crippen molar-refractivity contribution in [3.05, 3.63) is 36.5 Å². The summed E-state index contributed by atoms with van der Waals surface area (Å²) in [4.78, 5) is 23.4. The number of nitrogens with zero attached hydrogens (tertiary/aromatic N) is 1. The Hall–Kier alpha value is -1.28. The van der Waals surface area contributed by atoms with Gasteiger partial charge < -0.3 is 19.8 Å². The van der Waals surface area contributed by atoms with Gasteiger partial charge in [-0.1, -0.05) is 314 Å². The zero-order chi connectivity index (χ0) is 56.3. The number of carbonyl (C=O) groups excluding carboxylic acids is 1. The molecule has 0 heterocycles. The number of aliphatic hydroxyl groups is 1. The SMILES string of the molecule is CCCCCCCCCC/C=C\CCCCCCCCCCCCCCCCCC(=O)NC(COP(=O)(O)OCC[N+](C)(C)C)C(O)/C=C/CC/C=C/CCCCCCCCCCCCCCCCCCCCCCCC. The predicted molar refractivity (Wildman–Crippen MR) is 337 cm³/mol. The van der Waals surface area contributed by atoms with E-state index in [1.165, 1.54) is 283 Å². The fraction of sp³-hybridized carbons (Fsp3) is 0.897. The molecule has 0 fully saturated rings. The van der Waals surface area contributed by atoms with Gasteiger partial charge in [0.1, 0.15) is 13.2 Å². The third kappa shape index (κ3) is 62.2. The lowest BCUT2D eigenvalue weighted by molar-refractivity contribution is -0.870. The summed E-state index contributed by atoms with van der Waals surface area (Å²) in [5.41, 5.74) is 0. The largest absolute Gasteiger partial charge is 0.472 e. The molecule has 0 spiro atoms. The third-order valence-corrected chi connectivity index (χ3v) is 16.6. The van der Waals surface area contributed by atoms with E-state index in [0.717, 1.165) is 38.5 Å². The number of phosphoric acid groups is 1. The number of phosphoric ester groups is 1. The third-order valence-electron chi connectivity index (χ3n) is 15.6. The van der Waals surface area contributed by atoms with Crippen molar-refractivity contribution in [1.82, 2.24) is 5.32 Å². The number of nitrogens with one attached hydrogen (secondary N) is 1. The van der Waals surface area contributed by atoms with E-state index in [0.29, 0.717) is 17.4 Å². The first-order valence-electron chi connectivity index (χ1n) is 33.9. The number of hydrogen-bond donors (Lipinski definition) is 3. The van der Waals surface area contributed by atoms with Crippen LogP contribution in [0.2, 0.25) is 0 Å². The van der Waals surface area contributed by atoms with E-state index in [4.69, 9.17) is 9.05 Å². The normalized spacial score (nSPS) is 13.9. The molecule has 456 valence electrons. The van der Waals surface area contributed by atoms with Gasteiger partial charge in [0.25, 0.3) is 0 Å². The molecule has 3 unspecified atom stereocenters. The molecule has 0 saturated carbocycles. The molecule has 0 aliphatic carbocycles. The lowest BCUT2D eigenvalue weighted by Crippen LogP contribution is -2.45. The average molecular weight is 1110 g/mol. The monoisotopic (exact) mass is 1110 g/mol. The summed E-state index contributed by atoms with van der Waals surface area (Å²) < 4.78 is 23.8. The van der Waals surface area contributed by atoms with Crippen molar-refractivity contribution in [1.29, 1.82) is 0 Å². The maximum absolute atomic E-state index is 13.0. The summed E-state index contributed by atoms with van der Waals surface area (Å²) in [5, 5.41) is 14.0. The first-order chi connectivity index (χ1) is 37.5. The maximum atomic E-state index is 13.0. The molecule has 3 N–H and O–H groups in total. The summed E-state index contributed by atoms with van der Waals surface area (Å²) in [5.74, 6) is -0.181. The van der Waals surface area contributed by atoms with Crippen molar-refractivity contribution in [2.24, 2.45) is 0 Å². The molecule has 3 atom stereocenters. The first-order valence-corrected chi connectivity index (χ1v) is 35.4. The standard InChI is InChI=1S/C68H133N2O6P/c1-6-8-10-12-14-16-18-20-22-24-26-28-30-32-34-36-37-39-41-43-45-47-49-51-53-55-57-59-61-67(71)66(65-76-77(73,74)75-64-63-70(3,4)5)69-68(72)62-60-58-56-54-52-50-48-46-44-42-40-38-35-33-31-29-27-25-23-21-19-17-15-13-11-9-7-2/h25,27,51,53,59,61,66-67,71H,6-24,26,28-50,52,54-58,60,62-65H2,1-5H3,(H-,69,72,73,74)/p+1/b27-25-,53-51+,61-59+. The molecule has 0 rings (SSSR count). The van der Waals surface area contributed by atoms with E-state index in [1.54, 1.807) is 6.08 Å². The van der Waals surface area contributed by atoms with Gasteiger partial charge in [0.2, 0.25) is 5.91 Å². The maximum Gasteiger partial charge on any atom is 0.472 e. The van der Waals surface area contributed by atoms with E-state index in [1.807, 2.05) is 27.2 Å². The Labute approximate surface area is 480 Å². The molecule has 0 aromatic rings. The summed E-state index contributed by atoms with van der Waals surface area (Å²) >= 11 is 0. The summed E-state index contributed by atoms with van der Waals surface area (Å²) in [6.07, 6.45) is 78.6. The molecule has 1 amide bonds. The Balaban J connectivity index is 4.12.